The lowest BCUT2D eigenvalue weighted by Gasteiger charge is -2.25. The van der Waals surface area contributed by atoms with Crippen LogP contribution in [0.3, 0.4) is 0 Å². The van der Waals surface area contributed by atoms with Gasteiger partial charge in [0.05, 0.1) is 12.1 Å². The molecule has 0 aliphatic rings. The van der Waals surface area contributed by atoms with E-state index in [0.717, 1.165) is 5.56 Å². The summed E-state index contributed by atoms with van der Waals surface area (Å²) in [5, 5.41) is 11.7. The van der Waals surface area contributed by atoms with Crippen LogP contribution in [0.5, 0.6) is 0 Å². The second-order valence-electron chi connectivity index (χ2n) is 6.48. The highest BCUT2D eigenvalue weighted by Crippen LogP contribution is 2.11. The molecule has 0 atom stereocenters. The molecule has 0 fully saturated rings. The van der Waals surface area contributed by atoms with Crippen LogP contribution < -0.4 is 5.32 Å². The number of aromatic carboxylic acids is 1. The number of hydrogen-bond acceptors (Lipinski definition) is 3. The fourth-order valence-corrected chi connectivity index (χ4v) is 2.46. The molecule has 0 spiro atoms. The van der Waals surface area contributed by atoms with E-state index in [9.17, 15) is 14.0 Å². The third kappa shape index (κ3) is 6.38. The van der Waals surface area contributed by atoms with E-state index < -0.39 is 5.97 Å². The molecule has 2 N–H and O–H groups in total. The zero-order valence-electron chi connectivity index (χ0n) is 15.5. The number of nitrogens with zero attached hydrogens (tertiary/aromatic N) is 2. The van der Waals surface area contributed by atoms with Crippen LogP contribution in [0.4, 0.5) is 9.18 Å². The Morgan fingerprint density at radius 3 is 2.30 bits per heavy atom. The van der Waals surface area contributed by atoms with Gasteiger partial charge in [-0.25, -0.2) is 14.0 Å². The minimum Gasteiger partial charge on any atom is -0.478 e. The van der Waals surface area contributed by atoms with Crippen molar-refractivity contribution in [2.24, 2.45) is 0 Å². The molecule has 0 unspecified atom stereocenters. The molecule has 0 bridgehead atoms. The lowest BCUT2D eigenvalue weighted by molar-refractivity contribution is 0.0697. The maximum Gasteiger partial charge on any atom is 0.335 e. The molecule has 7 heteroatoms. The quantitative estimate of drug-likeness (QED) is 0.746. The first-order chi connectivity index (χ1) is 12.9. The second-order valence-corrected chi connectivity index (χ2v) is 6.48. The van der Waals surface area contributed by atoms with Crippen molar-refractivity contribution < 1.29 is 19.1 Å². The van der Waals surface area contributed by atoms with Gasteiger partial charge < -0.3 is 20.2 Å². The molecule has 0 aliphatic carbocycles. The largest absolute Gasteiger partial charge is 0.478 e. The Kier molecular flexibility index (Phi) is 7.31. The number of nitrogens with one attached hydrogen (secondary N) is 1. The minimum absolute atomic E-state index is 0.171. The number of hydrogen-bond donors (Lipinski definition) is 2. The molecule has 0 aliphatic heterocycles. The summed E-state index contributed by atoms with van der Waals surface area (Å²) in [5.41, 5.74) is 1.43. The summed E-state index contributed by atoms with van der Waals surface area (Å²) in [6, 6.07) is 12.4. The third-order valence-electron chi connectivity index (χ3n) is 4.07. The SMILES string of the molecule is CN(C)CCN(Cc1ccccc1F)C(=O)NCc1ccc(C(=O)O)cc1. The standard InChI is InChI=1S/C20H24FN3O3/c1-23(2)11-12-24(14-17-5-3-4-6-18(17)21)20(27)22-13-15-7-9-16(10-8-15)19(25)26/h3-10H,11-14H2,1-2H3,(H,22,27)(H,25,26). The van der Waals surface area contributed by atoms with Crippen molar-refractivity contribution in [2.45, 2.75) is 13.1 Å². The van der Waals surface area contributed by atoms with Crippen molar-refractivity contribution in [3.63, 3.8) is 0 Å². The van der Waals surface area contributed by atoms with Crippen molar-refractivity contribution in [3.8, 4) is 0 Å². The van der Waals surface area contributed by atoms with E-state index >= 15 is 0 Å². The van der Waals surface area contributed by atoms with Crippen molar-refractivity contribution in [3.05, 3.63) is 71.0 Å². The molecular weight excluding hydrogens is 349 g/mol. The van der Waals surface area contributed by atoms with Gasteiger partial charge in [-0.05, 0) is 37.9 Å². The monoisotopic (exact) mass is 373 g/mol. The minimum atomic E-state index is -0.995. The molecule has 144 valence electrons. The van der Waals surface area contributed by atoms with Crippen LogP contribution in [-0.2, 0) is 13.1 Å². The summed E-state index contributed by atoms with van der Waals surface area (Å²) >= 11 is 0. The summed E-state index contributed by atoms with van der Waals surface area (Å²) < 4.78 is 13.9. The van der Waals surface area contributed by atoms with Crippen LogP contribution in [0.25, 0.3) is 0 Å². The number of carboxylic acid groups (broad SMARTS) is 1. The van der Waals surface area contributed by atoms with Gasteiger partial charge in [-0.3, -0.25) is 0 Å². The van der Waals surface area contributed by atoms with Crippen LogP contribution in [0.2, 0.25) is 0 Å². The predicted octanol–water partition coefficient (Wildman–Crippen LogP) is 2.80. The van der Waals surface area contributed by atoms with Gasteiger partial charge in [0.25, 0.3) is 0 Å². The Hall–Kier alpha value is -2.93. The van der Waals surface area contributed by atoms with Gasteiger partial charge >= 0.3 is 12.0 Å². The van der Waals surface area contributed by atoms with E-state index in [0.29, 0.717) is 18.7 Å². The highest BCUT2D eigenvalue weighted by molar-refractivity contribution is 5.87. The summed E-state index contributed by atoms with van der Waals surface area (Å²) in [4.78, 5) is 27.0. The molecule has 0 radical (unpaired) electrons. The molecule has 0 saturated carbocycles. The van der Waals surface area contributed by atoms with Crippen molar-refractivity contribution in [1.82, 2.24) is 15.1 Å². The molecular formula is C20H24FN3O3. The van der Waals surface area contributed by atoms with Crippen molar-refractivity contribution >= 4 is 12.0 Å². The van der Waals surface area contributed by atoms with Gasteiger partial charge in [0, 0.05) is 25.2 Å². The molecule has 27 heavy (non-hydrogen) atoms. The Morgan fingerprint density at radius 2 is 1.70 bits per heavy atom. The number of urea groups is 1. The summed E-state index contributed by atoms with van der Waals surface area (Å²) in [5.74, 6) is -1.34. The number of benzene rings is 2. The second kappa shape index (κ2) is 9.68. The lowest BCUT2D eigenvalue weighted by Crippen LogP contribution is -2.42. The van der Waals surface area contributed by atoms with Crippen LogP contribution in [0.1, 0.15) is 21.5 Å². The van der Waals surface area contributed by atoms with E-state index in [4.69, 9.17) is 5.11 Å². The van der Waals surface area contributed by atoms with Crippen LogP contribution >= 0.6 is 0 Å². The number of halogens is 1. The van der Waals surface area contributed by atoms with Crippen LogP contribution in [0.15, 0.2) is 48.5 Å². The molecule has 0 aromatic heterocycles. The first-order valence-electron chi connectivity index (χ1n) is 8.60. The zero-order valence-corrected chi connectivity index (χ0v) is 15.5. The van der Waals surface area contributed by atoms with E-state index in [1.54, 1.807) is 35.2 Å². The molecule has 6 nitrogen and oxygen atoms in total. The fourth-order valence-electron chi connectivity index (χ4n) is 2.46. The van der Waals surface area contributed by atoms with Gasteiger partial charge in [-0.1, -0.05) is 30.3 Å². The Labute approximate surface area is 158 Å². The summed E-state index contributed by atoms with van der Waals surface area (Å²) in [6.45, 7) is 1.53. The lowest BCUT2D eigenvalue weighted by atomic mass is 10.1. The van der Waals surface area contributed by atoms with Gasteiger partial charge in [0.2, 0.25) is 0 Å². The van der Waals surface area contributed by atoms with E-state index in [1.807, 2.05) is 19.0 Å². The van der Waals surface area contributed by atoms with E-state index in [1.165, 1.54) is 18.2 Å². The topological polar surface area (TPSA) is 72.9 Å². The smallest absolute Gasteiger partial charge is 0.335 e. The highest BCUT2D eigenvalue weighted by atomic mass is 19.1. The van der Waals surface area contributed by atoms with Gasteiger partial charge in [0.15, 0.2) is 0 Å². The first kappa shape index (κ1) is 20.4. The van der Waals surface area contributed by atoms with Gasteiger partial charge in [-0.2, -0.15) is 0 Å². The van der Waals surface area contributed by atoms with Gasteiger partial charge in [0.1, 0.15) is 5.82 Å². The average Bonchev–Trinajstić information content (AvgIpc) is 2.64. The zero-order chi connectivity index (χ0) is 19.8. The number of carbonyl (C=O) groups is 2. The molecule has 2 aromatic carbocycles. The molecule has 0 saturated heterocycles. The number of carboxylic acids is 1. The Bertz CT molecular complexity index is 778. The average molecular weight is 373 g/mol. The Morgan fingerprint density at radius 1 is 1.04 bits per heavy atom. The van der Waals surface area contributed by atoms with Crippen LogP contribution in [0, 0.1) is 5.82 Å². The number of amides is 2. The highest BCUT2D eigenvalue weighted by Gasteiger charge is 2.16. The molecule has 2 amide bonds. The van der Waals surface area contributed by atoms with E-state index in [-0.39, 0.29) is 30.5 Å². The fraction of sp³-hybridized carbons (Fsp3) is 0.300. The molecule has 2 rings (SSSR count). The number of rotatable bonds is 8. The number of carbonyl (C=O) groups excluding carboxylic acids is 1. The normalized spacial score (nSPS) is 10.7. The maximum absolute atomic E-state index is 13.9. The summed E-state index contributed by atoms with van der Waals surface area (Å²) in [6.07, 6.45) is 0. The number of likely N-dealkylation sites (N-methyl/N-ethyl adjacent to an activating group) is 1. The van der Waals surface area contributed by atoms with Gasteiger partial charge in [-0.15, -0.1) is 0 Å². The van der Waals surface area contributed by atoms with Crippen molar-refractivity contribution in [2.75, 3.05) is 27.2 Å². The molecule has 0 heterocycles. The van der Waals surface area contributed by atoms with Crippen LogP contribution in [-0.4, -0.2) is 54.1 Å². The summed E-state index contributed by atoms with van der Waals surface area (Å²) in [7, 11) is 3.81. The first-order valence-corrected chi connectivity index (χ1v) is 8.60. The predicted molar refractivity (Wildman–Crippen MR) is 101 cm³/mol. The Balaban J connectivity index is 2.01. The van der Waals surface area contributed by atoms with Crippen molar-refractivity contribution in [1.29, 1.82) is 0 Å². The third-order valence-corrected chi connectivity index (χ3v) is 4.07. The van der Waals surface area contributed by atoms with E-state index in [2.05, 4.69) is 5.32 Å². The maximum atomic E-state index is 13.9. The molecule has 2 aromatic rings.